The molecule has 6 nitrogen and oxygen atoms in total. The van der Waals surface area contributed by atoms with Crippen LogP contribution in [0, 0.1) is 0 Å². The van der Waals surface area contributed by atoms with Crippen molar-refractivity contribution < 1.29 is 19.8 Å². The first kappa shape index (κ1) is 16.5. The maximum atomic E-state index is 12.0. The lowest BCUT2D eigenvalue weighted by Crippen LogP contribution is -2.49. The van der Waals surface area contributed by atoms with E-state index in [0.29, 0.717) is 0 Å². The molecule has 112 valence electrons. The van der Waals surface area contributed by atoms with E-state index in [1.165, 1.54) is 9.78 Å². The lowest BCUT2D eigenvalue weighted by atomic mass is 10.2. The average molecular weight is 300 g/mol. The third kappa shape index (κ3) is 4.82. The van der Waals surface area contributed by atoms with Crippen molar-refractivity contribution in [2.75, 3.05) is 13.7 Å². The summed E-state index contributed by atoms with van der Waals surface area (Å²) in [6.07, 6.45) is 0.716. The zero-order chi connectivity index (χ0) is 15.1. The van der Waals surface area contributed by atoms with E-state index in [4.69, 9.17) is 10.2 Å². The number of aliphatic hydroxyl groups is 1. The van der Waals surface area contributed by atoms with E-state index in [1.807, 2.05) is 24.4 Å². The van der Waals surface area contributed by atoms with Gasteiger partial charge in [0.1, 0.15) is 6.04 Å². The lowest BCUT2D eigenvalue weighted by molar-refractivity contribution is -0.139. The summed E-state index contributed by atoms with van der Waals surface area (Å²) >= 11 is 1.62. The number of likely N-dealkylation sites (N-methyl/N-ethyl adjacent to an activating group) is 1. The number of amides is 2. The van der Waals surface area contributed by atoms with Crippen LogP contribution in [-0.2, 0) is 11.2 Å². The number of aliphatic hydroxyl groups excluding tert-OH is 1. The number of thiophene rings is 1. The summed E-state index contributed by atoms with van der Waals surface area (Å²) in [6.45, 7) is 1.62. The largest absolute Gasteiger partial charge is 0.480 e. The number of rotatable bonds is 7. The summed E-state index contributed by atoms with van der Waals surface area (Å²) in [7, 11) is 1.63. The van der Waals surface area contributed by atoms with Gasteiger partial charge >= 0.3 is 12.0 Å². The van der Waals surface area contributed by atoms with Crippen LogP contribution in [0.5, 0.6) is 0 Å². The maximum Gasteiger partial charge on any atom is 0.326 e. The van der Waals surface area contributed by atoms with Crippen molar-refractivity contribution in [1.29, 1.82) is 0 Å². The molecule has 0 radical (unpaired) electrons. The number of nitrogens with one attached hydrogen (secondary N) is 1. The molecule has 7 heteroatoms. The standard InChI is InChI=1S/C13H20N2O4S/c1-9(8-10-4-3-7-20-10)15(2)13(19)14-11(5-6-16)12(17)18/h3-4,7,9,11,16H,5-6,8H2,1-2H3,(H,14,19)(H,17,18)/t9?,11-/m1/s1. The molecule has 0 saturated heterocycles. The molecule has 20 heavy (non-hydrogen) atoms. The molecule has 0 aromatic carbocycles. The number of carboxylic acid groups (broad SMARTS) is 1. The highest BCUT2D eigenvalue weighted by molar-refractivity contribution is 7.09. The van der Waals surface area contributed by atoms with Crippen molar-refractivity contribution in [1.82, 2.24) is 10.2 Å². The third-order valence-electron chi connectivity index (χ3n) is 3.07. The summed E-state index contributed by atoms with van der Waals surface area (Å²) < 4.78 is 0. The Morgan fingerprint density at radius 3 is 2.70 bits per heavy atom. The first-order valence-corrected chi connectivity index (χ1v) is 7.23. The Kier molecular flexibility index (Phi) is 6.47. The van der Waals surface area contributed by atoms with Crippen LogP contribution < -0.4 is 5.32 Å². The molecular formula is C13H20N2O4S. The Bertz CT molecular complexity index is 436. The Hall–Kier alpha value is -1.60. The molecule has 0 spiro atoms. The molecule has 0 aliphatic heterocycles. The van der Waals surface area contributed by atoms with Crippen LogP contribution in [-0.4, -0.2) is 52.9 Å². The summed E-state index contributed by atoms with van der Waals surface area (Å²) in [5, 5.41) is 22.1. The molecule has 0 aliphatic carbocycles. The zero-order valence-electron chi connectivity index (χ0n) is 11.6. The molecule has 0 fully saturated rings. The van der Waals surface area contributed by atoms with Gasteiger partial charge in [0.25, 0.3) is 0 Å². The summed E-state index contributed by atoms with van der Waals surface area (Å²) in [4.78, 5) is 25.6. The van der Waals surface area contributed by atoms with Crippen molar-refractivity contribution in [2.24, 2.45) is 0 Å². The molecule has 0 bridgehead atoms. The normalized spacial score (nSPS) is 13.6. The minimum atomic E-state index is -1.15. The van der Waals surface area contributed by atoms with Gasteiger partial charge in [-0.05, 0) is 18.4 Å². The van der Waals surface area contributed by atoms with Crippen molar-refractivity contribution >= 4 is 23.3 Å². The van der Waals surface area contributed by atoms with Gasteiger partial charge in [-0.15, -0.1) is 11.3 Å². The van der Waals surface area contributed by atoms with E-state index >= 15 is 0 Å². The molecule has 3 N–H and O–H groups in total. The Morgan fingerprint density at radius 1 is 1.50 bits per heavy atom. The van der Waals surface area contributed by atoms with Gasteiger partial charge in [0.15, 0.2) is 0 Å². The Labute approximate surface area is 122 Å². The predicted molar refractivity (Wildman–Crippen MR) is 76.9 cm³/mol. The van der Waals surface area contributed by atoms with Crippen LogP contribution in [0.1, 0.15) is 18.2 Å². The Balaban J connectivity index is 2.54. The smallest absolute Gasteiger partial charge is 0.326 e. The maximum absolute atomic E-state index is 12.0. The zero-order valence-corrected chi connectivity index (χ0v) is 12.4. The van der Waals surface area contributed by atoms with E-state index < -0.39 is 18.0 Å². The van der Waals surface area contributed by atoms with E-state index in [9.17, 15) is 9.59 Å². The number of hydrogen-bond acceptors (Lipinski definition) is 4. The molecule has 2 atom stereocenters. The number of carbonyl (C=O) groups is 2. The minimum Gasteiger partial charge on any atom is -0.480 e. The number of urea groups is 1. The number of carbonyl (C=O) groups excluding carboxylic acids is 1. The van der Waals surface area contributed by atoms with Crippen molar-refractivity contribution in [3.05, 3.63) is 22.4 Å². The van der Waals surface area contributed by atoms with Crippen LogP contribution in [0.3, 0.4) is 0 Å². The highest BCUT2D eigenvalue weighted by atomic mass is 32.1. The van der Waals surface area contributed by atoms with Gasteiger partial charge in [-0.25, -0.2) is 9.59 Å². The number of nitrogens with zero attached hydrogens (tertiary/aromatic N) is 1. The number of aliphatic carboxylic acids is 1. The van der Waals surface area contributed by atoms with Crippen LogP contribution in [0.25, 0.3) is 0 Å². The van der Waals surface area contributed by atoms with E-state index in [0.717, 1.165) is 6.42 Å². The predicted octanol–water partition coefficient (Wildman–Crippen LogP) is 1.16. The lowest BCUT2D eigenvalue weighted by Gasteiger charge is -2.26. The van der Waals surface area contributed by atoms with Gasteiger partial charge in [0.05, 0.1) is 0 Å². The van der Waals surface area contributed by atoms with E-state index in [1.54, 1.807) is 18.4 Å². The Morgan fingerprint density at radius 2 is 2.20 bits per heavy atom. The second-order valence-corrected chi connectivity index (χ2v) is 5.63. The average Bonchev–Trinajstić information content (AvgIpc) is 2.89. The van der Waals surface area contributed by atoms with Crippen LogP contribution >= 0.6 is 11.3 Å². The number of carboxylic acids is 1. The second kappa shape index (κ2) is 7.86. The number of hydrogen-bond donors (Lipinski definition) is 3. The summed E-state index contributed by atoms with van der Waals surface area (Å²) in [5.74, 6) is -1.15. The molecule has 1 aromatic rings. The first-order valence-electron chi connectivity index (χ1n) is 6.35. The topological polar surface area (TPSA) is 89.9 Å². The minimum absolute atomic E-state index is 0.00574. The van der Waals surface area contributed by atoms with Gasteiger partial charge in [0.2, 0.25) is 0 Å². The second-order valence-electron chi connectivity index (χ2n) is 4.60. The highest BCUT2D eigenvalue weighted by Crippen LogP contribution is 2.13. The SMILES string of the molecule is CC(Cc1cccs1)N(C)C(=O)N[C@H](CCO)C(=O)O. The molecule has 0 saturated carbocycles. The quantitative estimate of drug-likeness (QED) is 0.705. The molecule has 1 unspecified atom stereocenters. The molecule has 2 amide bonds. The molecule has 1 aromatic heterocycles. The van der Waals surface area contributed by atoms with Crippen molar-refractivity contribution in [2.45, 2.75) is 31.8 Å². The van der Waals surface area contributed by atoms with Crippen LogP contribution in [0.15, 0.2) is 17.5 Å². The van der Waals surface area contributed by atoms with Gasteiger partial charge in [-0.1, -0.05) is 6.07 Å². The van der Waals surface area contributed by atoms with Gasteiger partial charge in [-0.3, -0.25) is 0 Å². The van der Waals surface area contributed by atoms with Gasteiger partial charge in [0, 0.05) is 37.4 Å². The molecule has 1 heterocycles. The van der Waals surface area contributed by atoms with Crippen LogP contribution in [0.2, 0.25) is 0 Å². The van der Waals surface area contributed by atoms with E-state index in [2.05, 4.69) is 5.32 Å². The van der Waals surface area contributed by atoms with Crippen molar-refractivity contribution in [3.8, 4) is 0 Å². The third-order valence-corrected chi connectivity index (χ3v) is 3.97. The summed E-state index contributed by atoms with van der Waals surface area (Å²) in [6, 6.07) is 2.39. The monoisotopic (exact) mass is 300 g/mol. The molecule has 1 rings (SSSR count). The fourth-order valence-electron chi connectivity index (χ4n) is 1.69. The molecule has 0 aliphatic rings. The first-order chi connectivity index (χ1) is 9.45. The summed E-state index contributed by atoms with van der Waals surface area (Å²) in [5.41, 5.74) is 0. The van der Waals surface area contributed by atoms with Gasteiger partial charge in [-0.2, -0.15) is 0 Å². The highest BCUT2D eigenvalue weighted by Gasteiger charge is 2.23. The molecular weight excluding hydrogens is 280 g/mol. The fraction of sp³-hybridized carbons (Fsp3) is 0.538. The fourth-order valence-corrected chi connectivity index (χ4v) is 2.52. The van der Waals surface area contributed by atoms with Gasteiger partial charge < -0.3 is 20.4 Å². The van der Waals surface area contributed by atoms with E-state index in [-0.39, 0.29) is 19.1 Å². The van der Waals surface area contributed by atoms with Crippen LogP contribution in [0.4, 0.5) is 4.79 Å². The van der Waals surface area contributed by atoms with Crippen molar-refractivity contribution in [3.63, 3.8) is 0 Å².